The Bertz CT molecular complexity index is 366. The van der Waals surface area contributed by atoms with E-state index in [-0.39, 0.29) is 5.97 Å². The molecule has 1 aromatic rings. The third kappa shape index (κ3) is 3.48. The van der Waals surface area contributed by atoms with Crippen molar-refractivity contribution < 1.29 is 9.53 Å². The van der Waals surface area contributed by atoms with Crippen molar-refractivity contribution in [3.63, 3.8) is 0 Å². The van der Waals surface area contributed by atoms with Crippen LogP contribution < -0.4 is 5.73 Å². The van der Waals surface area contributed by atoms with Gasteiger partial charge in [-0.3, -0.25) is 0 Å². The van der Waals surface area contributed by atoms with Gasteiger partial charge < -0.3 is 10.5 Å². The molecule has 0 saturated heterocycles. The van der Waals surface area contributed by atoms with Gasteiger partial charge in [0, 0.05) is 5.69 Å². The maximum atomic E-state index is 11.7. The van der Waals surface area contributed by atoms with Crippen molar-refractivity contribution in [1.29, 1.82) is 0 Å². The van der Waals surface area contributed by atoms with Gasteiger partial charge in [-0.15, -0.1) is 0 Å². The summed E-state index contributed by atoms with van der Waals surface area (Å²) in [5.74, 6) is 0.317. The average molecular weight is 233 g/mol. The Morgan fingerprint density at radius 3 is 2.47 bits per heavy atom. The van der Waals surface area contributed by atoms with Gasteiger partial charge in [-0.1, -0.05) is 19.3 Å². The first-order chi connectivity index (χ1) is 8.25. The summed E-state index contributed by atoms with van der Waals surface area (Å²) in [7, 11) is 0. The molecule has 1 saturated carbocycles. The van der Waals surface area contributed by atoms with Gasteiger partial charge in [-0.05, 0) is 43.0 Å². The van der Waals surface area contributed by atoms with Crippen LogP contribution in [0.3, 0.4) is 0 Å². The highest BCUT2D eigenvalue weighted by atomic mass is 16.5. The second-order valence-corrected chi connectivity index (χ2v) is 4.72. The van der Waals surface area contributed by atoms with Gasteiger partial charge in [-0.2, -0.15) is 0 Å². The Kier molecular flexibility index (Phi) is 4.02. The smallest absolute Gasteiger partial charge is 0.338 e. The number of rotatable bonds is 3. The minimum Gasteiger partial charge on any atom is -0.462 e. The summed E-state index contributed by atoms with van der Waals surface area (Å²) in [5, 5.41) is 0. The number of carbonyl (C=O) groups is 1. The van der Waals surface area contributed by atoms with Crippen molar-refractivity contribution in [3.8, 4) is 0 Å². The van der Waals surface area contributed by atoms with E-state index in [1.165, 1.54) is 32.1 Å². The zero-order valence-corrected chi connectivity index (χ0v) is 10.0. The van der Waals surface area contributed by atoms with E-state index >= 15 is 0 Å². The fourth-order valence-corrected chi connectivity index (χ4v) is 2.25. The van der Waals surface area contributed by atoms with Crippen LogP contribution in [0.4, 0.5) is 5.69 Å². The Morgan fingerprint density at radius 2 is 1.82 bits per heavy atom. The number of ether oxygens (including phenoxy) is 1. The molecule has 1 fully saturated rings. The summed E-state index contributed by atoms with van der Waals surface area (Å²) in [6, 6.07) is 6.85. The van der Waals surface area contributed by atoms with Gasteiger partial charge in [-0.25, -0.2) is 4.79 Å². The molecule has 0 aliphatic heterocycles. The van der Waals surface area contributed by atoms with E-state index in [1.54, 1.807) is 24.3 Å². The summed E-state index contributed by atoms with van der Waals surface area (Å²) in [6.45, 7) is 0.559. The molecule has 0 spiro atoms. The molecule has 1 aliphatic carbocycles. The zero-order valence-electron chi connectivity index (χ0n) is 10.0. The summed E-state index contributed by atoms with van der Waals surface area (Å²) >= 11 is 0. The predicted octanol–water partition coefficient (Wildman–Crippen LogP) is 3.01. The number of benzene rings is 1. The number of hydrogen-bond donors (Lipinski definition) is 1. The molecule has 2 N–H and O–H groups in total. The number of carbonyl (C=O) groups excluding carboxylic acids is 1. The first kappa shape index (κ1) is 12.0. The first-order valence-electron chi connectivity index (χ1n) is 6.28. The molecule has 1 aliphatic rings. The molecule has 0 radical (unpaired) electrons. The number of anilines is 1. The molecule has 0 aromatic heterocycles. The van der Waals surface area contributed by atoms with Crippen molar-refractivity contribution >= 4 is 11.7 Å². The van der Waals surface area contributed by atoms with Crippen LogP contribution in [0.1, 0.15) is 42.5 Å². The van der Waals surface area contributed by atoms with Crippen LogP contribution in [-0.4, -0.2) is 12.6 Å². The van der Waals surface area contributed by atoms with Gasteiger partial charge in [0.15, 0.2) is 0 Å². The molecular formula is C14H19NO2. The van der Waals surface area contributed by atoms with Crippen LogP contribution in [0.2, 0.25) is 0 Å². The lowest BCUT2D eigenvalue weighted by Crippen LogP contribution is -2.16. The normalized spacial score (nSPS) is 16.7. The molecule has 92 valence electrons. The lowest BCUT2D eigenvalue weighted by Gasteiger charge is -2.21. The zero-order chi connectivity index (χ0) is 12.1. The lowest BCUT2D eigenvalue weighted by atomic mass is 9.90. The van der Waals surface area contributed by atoms with Gasteiger partial charge in [0.2, 0.25) is 0 Å². The molecule has 0 heterocycles. The van der Waals surface area contributed by atoms with Crippen molar-refractivity contribution in [2.24, 2.45) is 5.92 Å². The first-order valence-corrected chi connectivity index (χ1v) is 6.28. The minimum absolute atomic E-state index is 0.240. The van der Waals surface area contributed by atoms with Crippen LogP contribution in [0.25, 0.3) is 0 Å². The molecule has 3 nitrogen and oxygen atoms in total. The van der Waals surface area contributed by atoms with Crippen molar-refractivity contribution in [2.45, 2.75) is 32.1 Å². The van der Waals surface area contributed by atoms with Gasteiger partial charge in [0.05, 0.1) is 12.2 Å². The molecule has 0 unspecified atom stereocenters. The maximum absolute atomic E-state index is 11.7. The summed E-state index contributed by atoms with van der Waals surface area (Å²) in [6.07, 6.45) is 6.24. The fraction of sp³-hybridized carbons (Fsp3) is 0.500. The van der Waals surface area contributed by atoms with E-state index in [1.807, 2.05) is 0 Å². The third-order valence-electron chi connectivity index (χ3n) is 3.32. The van der Waals surface area contributed by atoms with Gasteiger partial charge >= 0.3 is 5.97 Å². The van der Waals surface area contributed by atoms with E-state index < -0.39 is 0 Å². The Balaban J connectivity index is 1.82. The highest BCUT2D eigenvalue weighted by Crippen LogP contribution is 2.24. The molecule has 17 heavy (non-hydrogen) atoms. The highest BCUT2D eigenvalue weighted by molar-refractivity contribution is 5.89. The minimum atomic E-state index is -0.240. The quantitative estimate of drug-likeness (QED) is 0.645. The largest absolute Gasteiger partial charge is 0.462 e. The molecule has 3 heteroatoms. The predicted molar refractivity (Wildman–Crippen MR) is 67.7 cm³/mol. The highest BCUT2D eigenvalue weighted by Gasteiger charge is 2.16. The van der Waals surface area contributed by atoms with Crippen LogP contribution in [-0.2, 0) is 4.74 Å². The second-order valence-electron chi connectivity index (χ2n) is 4.72. The summed E-state index contributed by atoms with van der Waals surface area (Å²) < 4.78 is 5.33. The molecule has 0 bridgehead atoms. The van der Waals surface area contributed by atoms with E-state index in [0.717, 1.165) is 0 Å². The molecule has 0 atom stereocenters. The summed E-state index contributed by atoms with van der Waals surface area (Å²) in [5.41, 5.74) is 6.81. The second kappa shape index (κ2) is 5.71. The topological polar surface area (TPSA) is 52.3 Å². The fourth-order valence-electron chi connectivity index (χ4n) is 2.25. The van der Waals surface area contributed by atoms with E-state index in [0.29, 0.717) is 23.8 Å². The number of nitrogen functional groups attached to an aromatic ring is 1. The number of esters is 1. The van der Waals surface area contributed by atoms with Gasteiger partial charge in [0.1, 0.15) is 0 Å². The summed E-state index contributed by atoms with van der Waals surface area (Å²) in [4.78, 5) is 11.7. The van der Waals surface area contributed by atoms with Crippen LogP contribution in [0.15, 0.2) is 24.3 Å². The SMILES string of the molecule is Nc1ccc(C(=O)OCC2CCCCC2)cc1. The Labute approximate surface area is 102 Å². The molecule has 0 amide bonds. The standard InChI is InChI=1S/C14H19NO2/c15-13-8-6-12(7-9-13)14(16)17-10-11-4-2-1-3-5-11/h6-9,11H,1-5,10,15H2. The Hall–Kier alpha value is -1.51. The number of hydrogen-bond acceptors (Lipinski definition) is 3. The van der Waals surface area contributed by atoms with E-state index in [4.69, 9.17) is 10.5 Å². The molecule has 2 rings (SSSR count). The third-order valence-corrected chi connectivity index (χ3v) is 3.32. The van der Waals surface area contributed by atoms with Crippen molar-refractivity contribution in [3.05, 3.63) is 29.8 Å². The Morgan fingerprint density at radius 1 is 1.18 bits per heavy atom. The number of nitrogens with two attached hydrogens (primary N) is 1. The van der Waals surface area contributed by atoms with Crippen LogP contribution in [0, 0.1) is 5.92 Å². The van der Waals surface area contributed by atoms with Crippen LogP contribution in [0.5, 0.6) is 0 Å². The molecule has 1 aromatic carbocycles. The monoisotopic (exact) mass is 233 g/mol. The van der Waals surface area contributed by atoms with Crippen molar-refractivity contribution in [2.75, 3.05) is 12.3 Å². The van der Waals surface area contributed by atoms with Crippen LogP contribution >= 0.6 is 0 Å². The van der Waals surface area contributed by atoms with Gasteiger partial charge in [0.25, 0.3) is 0 Å². The molecular weight excluding hydrogens is 214 g/mol. The van der Waals surface area contributed by atoms with E-state index in [2.05, 4.69) is 0 Å². The lowest BCUT2D eigenvalue weighted by molar-refractivity contribution is 0.0410. The van der Waals surface area contributed by atoms with E-state index in [9.17, 15) is 4.79 Å². The van der Waals surface area contributed by atoms with Crippen molar-refractivity contribution in [1.82, 2.24) is 0 Å². The average Bonchev–Trinajstić information content (AvgIpc) is 2.38. The maximum Gasteiger partial charge on any atom is 0.338 e.